The second-order valence-corrected chi connectivity index (χ2v) is 4.34. The molecule has 0 fully saturated rings. The second-order valence-electron chi connectivity index (χ2n) is 4.34. The number of fused-ring (bicyclic) bond motifs is 3. The van der Waals surface area contributed by atoms with Crippen LogP contribution in [0.4, 0.5) is 5.69 Å². The zero-order chi connectivity index (χ0) is 11.1. The smallest absolute Gasteiger partial charge is 0.240 e. The van der Waals surface area contributed by atoms with Crippen molar-refractivity contribution in [3.63, 3.8) is 0 Å². The van der Waals surface area contributed by atoms with Crippen LogP contribution in [-0.4, -0.2) is 11.6 Å². The Morgan fingerprint density at radius 1 is 1.44 bits per heavy atom. The van der Waals surface area contributed by atoms with Gasteiger partial charge < -0.3 is 5.73 Å². The molecule has 1 radical (unpaired) electrons. The van der Waals surface area contributed by atoms with Gasteiger partial charge in [0.1, 0.15) is 0 Å². The topological polar surface area (TPSA) is 65.3 Å². The predicted octanol–water partition coefficient (Wildman–Crippen LogP) is 1.39. The van der Waals surface area contributed by atoms with E-state index in [1.54, 1.807) is 6.07 Å². The van der Waals surface area contributed by atoms with E-state index in [1.165, 1.54) is 5.56 Å². The quantitative estimate of drug-likeness (QED) is 0.696. The Kier molecular flexibility index (Phi) is 1.96. The molecule has 4 nitrogen and oxygen atoms in total. The molecule has 1 aromatic carbocycles. The number of nitrogens with one attached hydrogen (secondary N) is 2. The van der Waals surface area contributed by atoms with Crippen LogP contribution in [0.3, 0.4) is 0 Å². The maximum absolute atomic E-state index is 11.2. The van der Waals surface area contributed by atoms with Gasteiger partial charge in [-0.3, -0.25) is 4.79 Å². The second kappa shape index (κ2) is 3.33. The van der Waals surface area contributed by atoms with Crippen molar-refractivity contribution in [2.45, 2.75) is 19.3 Å². The summed E-state index contributed by atoms with van der Waals surface area (Å²) in [6, 6.07) is 5.62. The molecule has 1 unspecified atom stereocenters. The largest absolute Gasteiger partial charge is 0.301 e. The number of carbonyl (C=O) groups excluding carboxylic acids is 1. The molecule has 3 rings (SSSR count). The van der Waals surface area contributed by atoms with E-state index >= 15 is 0 Å². The van der Waals surface area contributed by atoms with E-state index in [0.717, 1.165) is 24.1 Å². The van der Waals surface area contributed by atoms with Gasteiger partial charge in [-0.25, -0.2) is 5.43 Å². The van der Waals surface area contributed by atoms with Crippen LogP contribution in [0.5, 0.6) is 0 Å². The molecule has 4 heteroatoms. The van der Waals surface area contributed by atoms with E-state index in [0.29, 0.717) is 12.1 Å². The zero-order valence-corrected chi connectivity index (χ0v) is 8.79. The highest BCUT2D eigenvalue weighted by atomic mass is 16.2. The summed E-state index contributed by atoms with van der Waals surface area (Å²) in [6.45, 7) is 0. The minimum atomic E-state index is 0.00862. The number of amides is 1. The van der Waals surface area contributed by atoms with Crippen molar-refractivity contribution < 1.29 is 4.79 Å². The Hall–Kier alpha value is -1.84. The number of benzene rings is 1. The lowest BCUT2D eigenvalue weighted by Gasteiger charge is -2.28. The number of hydrogen-bond acceptors (Lipinski definition) is 2. The standard InChI is InChI=1S/C12H12N3O/c13-9-3-4-10-7(5-9)1-2-8-6-11(16)14-15-12(8)10/h3-5,8,13H,1-2,6H2,(H,14,16). The first-order valence-electron chi connectivity index (χ1n) is 5.45. The average Bonchev–Trinajstić information content (AvgIpc) is 2.28. The van der Waals surface area contributed by atoms with E-state index in [1.807, 2.05) is 12.1 Å². The molecule has 81 valence electrons. The Balaban J connectivity index is 2.09. The van der Waals surface area contributed by atoms with E-state index in [4.69, 9.17) is 5.73 Å². The lowest BCUT2D eigenvalue weighted by molar-refractivity contribution is -0.122. The highest BCUT2D eigenvalue weighted by molar-refractivity contribution is 6.07. The highest BCUT2D eigenvalue weighted by Crippen LogP contribution is 2.31. The molecule has 0 spiro atoms. The van der Waals surface area contributed by atoms with Crippen molar-refractivity contribution in [1.82, 2.24) is 11.2 Å². The van der Waals surface area contributed by atoms with Gasteiger partial charge in [0.15, 0.2) is 0 Å². The fraction of sp³-hybridized carbons (Fsp3) is 0.333. The molecule has 0 bridgehead atoms. The molecule has 16 heavy (non-hydrogen) atoms. The monoisotopic (exact) mass is 214 g/mol. The lowest BCUT2D eigenvalue weighted by atomic mass is 9.79. The van der Waals surface area contributed by atoms with Crippen molar-refractivity contribution in [1.29, 1.82) is 0 Å². The third kappa shape index (κ3) is 1.38. The van der Waals surface area contributed by atoms with Gasteiger partial charge in [0.25, 0.3) is 0 Å². The van der Waals surface area contributed by atoms with Crippen LogP contribution in [0.15, 0.2) is 23.3 Å². The predicted molar refractivity (Wildman–Crippen MR) is 60.3 cm³/mol. The van der Waals surface area contributed by atoms with E-state index in [2.05, 4.69) is 10.5 Å². The third-order valence-corrected chi connectivity index (χ3v) is 3.26. The first-order valence-corrected chi connectivity index (χ1v) is 5.45. The molecule has 1 amide bonds. The van der Waals surface area contributed by atoms with Gasteiger partial charge in [0.2, 0.25) is 5.91 Å². The van der Waals surface area contributed by atoms with Crippen molar-refractivity contribution in [2.75, 3.05) is 0 Å². The Labute approximate surface area is 93.5 Å². The van der Waals surface area contributed by atoms with Crippen LogP contribution in [-0.2, 0) is 11.2 Å². The molecule has 1 heterocycles. The molecule has 0 saturated heterocycles. The van der Waals surface area contributed by atoms with Gasteiger partial charge in [-0.05, 0) is 30.5 Å². The van der Waals surface area contributed by atoms with Gasteiger partial charge in [-0.15, -0.1) is 0 Å². The van der Waals surface area contributed by atoms with E-state index in [-0.39, 0.29) is 11.8 Å². The third-order valence-electron chi connectivity index (χ3n) is 3.26. The fourth-order valence-corrected chi connectivity index (χ4v) is 2.48. The van der Waals surface area contributed by atoms with Gasteiger partial charge >= 0.3 is 0 Å². The van der Waals surface area contributed by atoms with Crippen molar-refractivity contribution >= 4 is 17.3 Å². The van der Waals surface area contributed by atoms with Crippen LogP contribution >= 0.6 is 0 Å². The summed E-state index contributed by atoms with van der Waals surface area (Å²) in [4.78, 5) is 11.2. The van der Waals surface area contributed by atoms with Gasteiger partial charge in [-0.2, -0.15) is 5.10 Å². The first kappa shape index (κ1) is 9.39. The molecule has 2 N–H and O–H groups in total. The summed E-state index contributed by atoms with van der Waals surface area (Å²) in [5.74, 6) is 0.271. The first-order chi connectivity index (χ1) is 7.74. The van der Waals surface area contributed by atoms with Gasteiger partial charge in [-0.1, -0.05) is 6.07 Å². The van der Waals surface area contributed by atoms with Crippen LogP contribution in [0.1, 0.15) is 24.0 Å². The van der Waals surface area contributed by atoms with Crippen LogP contribution in [0, 0.1) is 5.92 Å². The fourth-order valence-electron chi connectivity index (χ4n) is 2.48. The average molecular weight is 214 g/mol. The van der Waals surface area contributed by atoms with Gasteiger partial charge in [0.05, 0.1) is 11.4 Å². The summed E-state index contributed by atoms with van der Waals surface area (Å²) >= 11 is 0. The summed E-state index contributed by atoms with van der Waals surface area (Å²) in [5, 5.41) is 4.16. The Morgan fingerprint density at radius 2 is 2.31 bits per heavy atom. The van der Waals surface area contributed by atoms with Gasteiger partial charge in [0, 0.05) is 17.9 Å². The minimum Gasteiger partial charge on any atom is -0.301 e. The number of hydrazone groups is 1. The van der Waals surface area contributed by atoms with Crippen LogP contribution in [0.25, 0.3) is 0 Å². The molecule has 2 aliphatic rings. The summed E-state index contributed by atoms with van der Waals surface area (Å²) in [6.07, 6.45) is 2.45. The number of rotatable bonds is 0. The minimum absolute atomic E-state index is 0.00862. The SMILES string of the molecule is [NH]c1ccc2c(c1)CCC1CC(=O)NN=C21. The molecule has 1 atom stereocenters. The summed E-state index contributed by atoms with van der Waals surface area (Å²) < 4.78 is 0. The van der Waals surface area contributed by atoms with Crippen LogP contribution < -0.4 is 11.2 Å². The molecular weight excluding hydrogens is 202 g/mol. The molecular formula is C12H12N3O. The summed E-state index contributed by atoms with van der Waals surface area (Å²) in [5.41, 5.74) is 13.9. The number of nitrogens with zero attached hydrogens (tertiary/aromatic N) is 1. The number of aryl methyl sites for hydroxylation is 1. The van der Waals surface area contributed by atoms with Crippen molar-refractivity contribution in [3.05, 3.63) is 29.3 Å². The Morgan fingerprint density at radius 3 is 3.19 bits per heavy atom. The maximum atomic E-state index is 11.2. The van der Waals surface area contributed by atoms with Crippen molar-refractivity contribution in [2.24, 2.45) is 11.0 Å². The molecule has 0 saturated carbocycles. The zero-order valence-electron chi connectivity index (χ0n) is 8.79. The molecule has 1 aliphatic heterocycles. The molecule has 1 aliphatic carbocycles. The molecule has 0 aromatic heterocycles. The highest BCUT2D eigenvalue weighted by Gasteiger charge is 2.30. The van der Waals surface area contributed by atoms with E-state index in [9.17, 15) is 4.79 Å². The van der Waals surface area contributed by atoms with Crippen molar-refractivity contribution in [3.8, 4) is 0 Å². The Bertz CT molecular complexity index is 493. The van der Waals surface area contributed by atoms with E-state index < -0.39 is 0 Å². The lowest BCUT2D eigenvalue weighted by Crippen LogP contribution is -2.36. The maximum Gasteiger partial charge on any atom is 0.240 e. The number of hydrogen-bond donors (Lipinski definition) is 1. The summed E-state index contributed by atoms with van der Waals surface area (Å²) in [7, 11) is 0. The van der Waals surface area contributed by atoms with Crippen LogP contribution in [0.2, 0.25) is 0 Å². The number of carbonyl (C=O) groups is 1. The molecule has 1 aromatic rings. The normalized spacial score (nSPS) is 22.9.